The van der Waals surface area contributed by atoms with Gasteiger partial charge in [-0.25, -0.2) is 8.42 Å². The number of hydrogen-bond donors (Lipinski definition) is 2. The summed E-state index contributed by atoms with van der Waals surface area (Å²) in [5.41, 5.74) is 2.04. The Morgan fingerprint density at radius 2 is 1.91 bits per heavy atom. The lowest BCUT2D eigenvalue weighted by atomic mass is 10.0. The van der Waals surface area contributed by atoms with E-state index in [9.17, 15) is 18.0 Å². The number of fused-ring (bicyclic) bond motifs is 1. The van der Waals surface area contributed by atoms with E-state index >= 15 is 0 Å². The maximum absolute atomic E-state index is 13.1. The van der Waals surface area contributed by atoms with Gasteiger partial charge in [0.1, 0.15) is 6.04 Å². The second-order valence-corrected chi connectivity index (χ2v) is 10.4. The number of sulfonamides is 1. The fourth-order valence-electron chi connectivity index (χ4n) is 3.73. The molecule has 0 aliphatic carbocycles. The van der Waals surface area contributed by atoms with Crippen LogP contribution in [0.2, 0.25) is 5.02 Å². The highest BCUT2D eigenvalue weighted by atomic mass is 35.5. The summed E-state index contributed by atoms with van der Waals surface area (Å²) in [6.45, 7) is 6.18. The number of hydrogen-bond acceptors (Lipinski definition) is 4. The minimum absolute atomic E-state index is 0.00664. The van der Waals surface area contributed by atoms with Crippen LogP contribution in [0.4, 0.5) is 11.4 Å². The molecule has 0 spiro atoms. The van der Waals surface area contributed by atoms with E-state index < -0.39 is 22.0 Å². The second kappa shape index (κ2) is 10.0. The van der Waals surface area contributed by atoms with E-state index in [2.05, 4.69) is 10.0 Å². The average Bonchev–Trinajstić information content (AvgIpc) is 3.15. The van der Waals surface area contributed by atoms with Crippen LogP contribution in [0.3, 0.4) is 0 Å². The summed E-state index contributed by atoms with van der Waals surface area (Å²) in [6.07, 6.45) is 1.31. The van der Waals surface area contributed by atoms with Crippen molar-refractivity contribution in [1.82, 2.24) is 4.72 Å². The van der Waals surface area contributed by atoms with Crippen molar-refractivity contribution in [2.45, 2.75) is 51.0 Å². The lowest BCUT2D eigenvalue weighted by molar-refractivity contribution is -0.118. The van der Waals surface area contributed by atoms with E-state index in [0.717, 1.165) is 11.3 Å². The van der Waals surface area contributed by atoms with E-state index in [1.54, 1.807) is 48.2 Å². The Balaban J connectivity index is 1.81. The number of rotatable bonds is 8. The zero-order chi connectivity index (χ0) is 23.5. The first-order valence-corrected chi connectivity index (χ1v) is 12.5. The Hall–Kier alpha value is -2.42. The summed E-state index contributed by atoms with van der Waals surface area (Å²) in [7, 11) is -3.96. The lowest BCUT2D eigenvalue weighted by Gasteiger charge is -2.21. The highest BCUT2D eigenvalue weighted by Crippen LogP contribution is 2.31. The Morgan fingerprint density at radius 3 is 2.56 bits per heavy atom. The molecule has 0 radical (unpaired) electrons. The number of benzene rings is 2. The molecule has 0 saturated heterocycles. The fourth-order valence-corrected chi connectivity index (χ4v) is 5.18. The van der Waals surface area contributed by atoms with Gasteiger partial charge in [0.05, 0.1) is 4.90 Å². The van der Waals surface area contributed by atoms with Gasteiger partial charge >= 0.3 is 0 Å². The normalized spacial score (nSPS) is 14.3. The first kappa shape index (κ1) is 24.2. The minimum Gasteiger partial charge on any atom is -0.325 e. The number of halogens is 1. The largest absolute Gasteiger partial charge is 0.325 e. The van der Waals surface area contributed by atoms with Crippen molar-refractivity contribution in [2.24, 2.45) is 5.92 Å². The van der Waals surface area contributed by atoms with Gasteiger partial charge in [-0.05, 0) is 60.7 Å². The van der Waals surface area contributed by atoms with Crippen LogP contribution in [0, 0.1) is 5.92 Å². The molecule has 1 atom stereocenters. The number of amides is 2. The van der Waals surface area contributed by atoms with Crippen LogP contribution in [0.1, 0.15) is 39.2 Å². The van der Waals surface area contributed by atoms with Crippen molar-refractivity contribution < 1.29 is 18.0 Å². The molecular formula is C23H28ClN3O4S. The molecule has 2 aromatic rings. The zero-order valence-corrected chi connectivity index (χ0v) is 20.0. The Bertz CT molecular complexity index is 1120. The van der Waals surface area contributed by atoms with Crippen molar-refractivity contribution in [2.75, 3.05) is 16.8 Å². The second-order valence-electron chi connectivity index (χ2n) is 8.24. The van der Waals surface area contributed by atoms with Crippen molar-refractivity contribution in [3.63, 3.8) is 0 Å². The fraction of sp³-hybridized carbons (Fsp3) is 0.391. The number of nitrogens with one attached hydrogen (secondary N) is 2. The van der Waals surface area contributed by atoms with E-state index in [4.69, 9.17) is 11.6 Å². The molecule has 2 amide bonds. The molecule has 1 aliphatic heterocycles. The molecule has 32 heavy (non-hydrogen) atoms. The van der Waals surface area contributed by atoms with Crippen molar-refractivity contribution >= 4 is 44.8 Å². The Morgan fingerprint density at radius 1 is 1.16 bits per heavy atom. The molecule has 1 unspecified atom stereocenters. The monoisotopic (exact) mass is 477 g/mol. The van der Waals surface area contributed by atoms with E-state index in [1.165, 1.54) is 6.07 Å². The topological polar surface area (TPSA) is 95.6 Å². The Labute approximate surface area is 194 Å². The summed E-state index contributed by atoms with van der Waals surface area (Å²) in [5.74, 6) is -0.362. The van der Waals surface area contributed by atoms with Crippen LogP contribution < -0.4 is 14.9 Å². The Kier molecular flexibility index (Phi) is 7.59. The molecule has 3 rings (SSSR count). The van der Waals surface area contributed by atoms with Crippen molar-refractivity contribution in [1.29, 1.82) is 0 Å². The molecule has 0 saturated carbocycles. The molecular weight excluding hydrogens is 450 g/mol. The number of anilines is 2. The lowest BCUT2D eigenvalue weighted by Crippen LogP contribution is -2.44. The maximum atomic E-state index is 13.1. The van der Waals surface area contributed by atoms with Crippen molar-refractivity contribution in [3.8, 4) is 0 Å². The third-order valence-corrected chi connectivity index (χ3v) is 6.98. The number of carbonyl (C=O) groups is 2. The van der Waals surface area contributed by atoms with Gasteiger partial charge in [0.15, 0.2) is 0 Å². The number of nitrogens with zero attached hydrogens (tertiary/aromatic N) is 1. The highest BCUT2D eigenvalue weighted by Gasteiger charge is 2.29. The molecule has 0 fully saturated rings. The minimum atomic E-state index is -3.96. The maximum Gasteiger partial charge on any atom is 0.242 e. The number of carbonyl (C=O) groups excluding carboxylic acids is 2. The van der Waals surface area contributed by atoms with E-state index in [0.29, 0.717) is 36.5 Å². The SMILES string of the molecule is CCC(=O)N1CCc2cc(S(=O)(=O)NC(CC(C)C)C(=O)Nc3cccc(Cl)c3)ccc21. The molecule has 1 aliphatic rings. The molecule has 0 bridgehead atoms. The van der Waals surface area contributed by atoms with Crippen LogP contribution in [0.25, 0.3) is 0 Å². The van der Waals surface area contributed by atoms with Gasteiger partial charge in [-0.2, -0.15) is 4.72 Å². The van der Waals surface area contributed by atoms with Gasteiger partial charge in [-0.3, -0.25) is 9.59 Å². The smallest absolute Gasteiger partial charge is 0.242 e. The summed E-state index contributed by atoms with van der Waals surface area (Å²) in [4.78, 5) is 26.7. The quantitative estimate of drug-likeness (QED) is 0.601. The van der Waals surface area contributed by atoms with Gasteiger partial charge in [0.2, 0.25) is 21.8 Å². The van der Waals surface area contributed by atoms with E-state index in [-0.39, 0.29) is 16.7 Å². The molecule has 0 aromatic heterocycles. The summed E-state index contributed by atoms with van der Waals surface area (Å²) < 4.78 is 28.8. The van der Waals surface area contributed by atoms with Crippen LogP contribution >= 0.6 is 11.6 Å². The standard InChI is InChI=1S/C23H28ClN3O4S/c1-4-22(28)27-11-10-16-13-19(8-9-21(16)27)32(30,31)26-20(12-15(2)3)23(29)25-18-7-5-6-17(24)14-18/h5-9,13-15,20,26H,4,10-12H2,1-3H3,(H,25,29). The summed E-state index contributed by atoms with van der Waals surface area (Å²) in [6, 6.07) is 10.5. The predicted octanol–water partition coefficient (Wildman–Crippen LogP) is 3.97. The molecule has 7 nitrogen and oxygen atoms in total. The molecule has 9 heteroatoms. The predicted molar refractivity (Wildman–Crippen MR) is 126 cm³/mol. The van der Waals surface area contributed by atoms with Crippen LogP contribution in [-0.4, -0.2) is 32.8 Å². The van der Waals surface area contributed by atoms with Gasteiger partial charge in [0.25, 0.3) is 0 Å². The van der Waals surface area contributed by atoms with Gasteiger partial charge < -0.3 is 10.2 Å². The molecule has 1 heterocycles. The molecule has 2 aromatic carbocycles. The third kappa shape index (κ3) is 5.68. The third-order valence-electron chi connectivity index (χ3n) is 5.27. The van der Waals surface area contributed by atoms with Crippen LogP contribution in [0.5, 0.6) is 0 Å². The summed E-state index contributed by atoms with van der Waals surface area (Å²) in [5, 5.41) is 3.20. The first-order chi connectivity index (χ1) is 15.1. The average molecular weight is 478 g/mol. The van der Waals surface area contributed by atoms with Crippen molar-refractivity contribution in [3.05, 3.63) is 53.1 Å². The van der Waals surface area contributed by atoms with Crippen LogP contribution in [0.15, 0.2) is 47.4 Å². The first-order valence-electron chi connectivity index (χ1n) is 10.6. The molecule has 172 valence electrons. The summed E-state index contributed by atoms with van der Waals surface area (Å²) >= 11 is 5.98. The van der Waals surface area contributed by atoms with Gasteiger partial charge in [-0.1, -0.05) is 38.4 Å². The zero-order valence-electron chi connectivity index (χ0n) is 18.4. The van der Waals surface area contributed by atoms with Gasteiger partial charge in [-0.15, -0.1) is 0 Å². The van der Waals surface area contributed by atoms with E-state index in [1.807, 2.05) is 13.8 Å². The van der Waals surface area contributed by atoms with Crippen LogP contribution in [-0.2, 0) is 26.0 Å². The van der Waals surface area contributed by atoms with Gasteiger partial charge in [0, 0.05) is 29.4 Å². The molecule has 2 N–H and O–H groups in total. The highest BCUT2D eigenvalue weighted by molar-refractivity contribution is 7.89.